The fourth-order valence-electron chi connectivity index (χ4n) is 6.32. The molecule has 5 rings (SSSR count). The van der Waals surface area contributed by atoms with Crippen molar-refractivity contribution in [3.8, 4) is 0 Å². The third-order valence-corrected chi connectivity index (χ3v) is 6.51. The van der Waals surface area contributed by atoms with Crippen LogP contribution in [0.5, 0.6) is 0 Å². The van der Waals surface area contributed by atoms with Crippen LogP contribution in [0.3, 0.4) is 0 Å². The van der Waals surface area contributed by atoms with Gasteiger partial charge in [0.2, 0.25) is 5.91 Å². The van der Waals surface area contributed by atoms with Gasteiger partial charge in [-0.05, 0) is 75.2 Å². The van der Waals surface area contributed by atoms with Crippen molar-refractivity contribution >= 4 is 5.91 Å². The Morgan fingerprint density at radius 2 is 2.00 bits per heavy atom. The van der Waals surface area contributed by atoms with Crippen molar-refractivity contribution in [3.05, 3.63) is 0 Å². The second-order valence-corrected chi connectivity index (χ2v) is 8.56. The zero-order valence-corrected chi connectivity index (χ0v) is 12.7. The topological polar surface area (TPSA) is 41.1 Å². The van der Waals surface area contributed by atoms with E-state index in [4.69, 9.17) is 0 Å². The van der Waals surface area contributed by atoms with Crippen molar-refractivity contribution in [3.63, 3.8) is 0 Å². The Balaban J connectivity index is 1.45. The van der Waals surface area contributed by atoms with Crippen molar-refractivity contribution < 1.29 is 4.79 Å². The molecule has 112 valence electrons. The molecule has 3 heteroatoms. The number of carbonyl (C=O) groups excluding carboxylic acids is 1. The number of rotatable bonds is 3. The largest absolute Gasteiger partial charge is 0.354 e. The molecule has 20 heavy (non-hydrogen) atoms. The van der Waals surface area contributed by atoms with Gasteiger partial charge in [0.05, 0.1) is 5.41 Å². The Hall–Kier alpha value is -0.570. The Morgan fingerprint density at radius 3 is 2.60 bits per heavy atom. The number of hydrogen-bond donors (Lipinski definition) is 2. The maximum absolute atomic E-state index is 12.9. The zero-order chi connectivity index (χ0) is 13.8. The highest BCUT2D eigenvalue weighted by atomic mass is 16.2. The highest BCUT2D eigenvalue weighted by Crippen LogP contribution is 2.65. The Kier molecular flexibility index (Phi) is 2.93. The molecule has 0 aromatic carbocycles. The van der Waals surface area contributed by atoms with Crippen LogP contribution in [0.4, 0.5) is 0 Å². The van der Waals surface area contributed by atoms with E-state index in [0.717, 1.165) is 31.3 Å². The minimum atomic E-state index is -0.00254. The number of nitrogens with one attached hydrogen (secondary N) is 2. The summed E-state index contributed by atoms with van der Waals surface area (Å²) >= 11 is 0. The average Bonchev–Trinajstić information content (AvgIpc) is 2.85. The highest BCUT2D eigenvalue weighted by molar-refractivity contribution is 5.83. The molecular weight excluding hydrogens is 248 g/mol. The third kappa shape index (κ3) is 2.09. The van der Waals surface area contributed by atoms with Gasteiger partial charge in [-0.15, -0.1) is 0 Å². The van der Waals surface area contributed by atoms with Crippen LogP contribution >= 0.6 is 0 Å². The zero-order valence-electron chi connectivity index (χ0n) is 12.7. The van der Waals surface area contributed by atoms with Crippen LogP contribution in [0, 0.1) is 22.7 Å². The summed E-state index contributed by atoms with van der Waals surface area (Å²) in [5, 5.41) is 6.78. The summed E-state index contributed by atoms with van der Waals surface area (Å²) in [7, 11) is 0. The molecule has 3 unspecified atom stereocenters. The number of hydrogen-bond acceptors (Lipinski definition) is 2. The van der Waals surface area contributed by atoms with E-state index < -0.39 is 0 Å². The molecular formula is C17H28N2O. The first kappa shape index (κ1) is 13.1. The second-order valence-electron chi connectivity index (χ2n) is 8.56. The molecule has 4 bridgehead atoms. The molecule has 3 atom stereocenters. The van der Waals surface area contributed by atoms with Crippen LogP contribution in [0.1, 0.15) is 58.3 Å². The van der Waals surface area contributed by atoms with Crippen LogP contribution in [0.15, 0.2) is 0 Å². The lowest BCUT2D eigenvalue weighted by molar-refractivity contribution is -0.155. The first-order valence-corrected chi connectivity index (χ1v) is 8.59. The lowest BCUT2D eigenvalue weighted by atomic mass is 9.44. The van der Waals surface area contributed by atoms with E-state index in [1.54, 1.807) is 0 Å². The maximum atomic E-state index is 12.9. The van der Waals surface area contributed by atoms with Gasteiger partial charge in [-0.25, -0.2) is 0 Å². The van der Waals surface area contributed by atoms with Gasteiger partial charge in [0.15, 0.2) is 0 Å². The first-order chi connectivity index (χ1) is 9.57. The highest BCUT2D eigenvalue weighted by Gasteiger charge is 2.58. The van der Waals surface area contributed by atoms with Crippen molar-refractivity contribution in [2.24, 2.45) is 22.7 Å². The number of amides is 1. The molecule has 1 aliphatic heterocycles. The van der Waals surface area contributed by atoms with Crippen molar-refractivity contribution in [2.45, 2.75) is 64.3 Å². The van der Waals surface area contributed by atoms with Crippen molar-refractivity contribution in [1.29, 1.82) is 0 Å². The van der Waals surface area contributed by atoms with Crippen LogP contribution in [0.25, 0.3) is 0 Å². The Bertz CT molecular complexity index is 399. The molecule has 0 aromatic heterocycles. The fraction of sp³-hybridized carbons (Fsp3) is 0.941. The quantitative estimate of drug-likeness (QED) is 0.831. The summed E-state index contributed by atoms with van der Waals surface area (Å²) in [5.74, 6) is 2.04. The van der Waals surface area contributed by atoms with Gasteiger partial charge in [-0.3, -0.25) is 4.79 Å². The van der Waals surface area contributed by atoms with E-state index in [9.17, 15) is 4.79 Å². The predicted octanol–water partition coefficient (Wildman–Crippen LogP) is 2.46. The molecule has 4 aliphatic carbocycles. The molecule has 5 aliphatic rings. The first-order valence-electron chi connectivity index (χ1n) is 8.59. The van der Waals surface area contributed by atoms with Crippen LogP contribution in [0.2, 0.25) is 0 Å². The van der Waals surface area contributed by atoms with Crippen molar-refractivity contribution in [2.75, 3.05) is 13.1 Å². The molecule has 4 saturated carbocycles. The lowest BCUT2D eigenvalue weighted by Gasteiger charge is -2.60. The van der Waals surface area contributed by atoms with Gasteiger partial charge in [0, 0.05) is 12.6 Å². The smallest absolute Gasteiger partial charge is 0.226 e. The van der Waals surface area contributed by atoms with Crippen LogP contribution < -0.4 is 10.6 Å². The average molecular weight is 276 g/mol. The third-order valence-electron chi connectivity index (χ3n) is 6.51. The molecule has 0 spiro atoms. The van der Waals surface area contributed by atoms with Crippen LogP contribution in [-0.4, -0.2) is 25.0 Å². The SMILES string of the molecule is CC12CC3CC(C1)CC(C(=O)NCC1CCCN1)(C3)C2. The monoisotopic (exact) mass is 276 g/mol. The van der Waals surface area contributed by atoms with E-state index in [-0.39, 0.29) is 5.41 Å². The molecule has 1 heterocycles. The lowest BCUT2D eigenvalue weighted by Crippen LogP contribution is -2.57. The van der Waals surface area contributed by atoms with E-state index in [1.165, 1.54) is 44.9 Å². The second kappa shape index (κ2) is 4.46. The summed E-state index contributed by atoms with van der Waals surface area (Å²) in [5.41, 5.74) is 0.463. The summed E-state index contributed by atoms with van der Waals surface area (Å²) in [6.07, 6.45) is 10.1. The van der Waals surface area contributed by atoms with Gasteiger partial charge in [-0.1, -0.05) is 6.92 Å². The van der Waals surface area contributed by atoms with Gasteiger partial charge < -0.3 is 10.6 Å². The normalized spacial score (nSPS) is 49.5. The summed E-state index contributed by atoms with van der Waals surface area (Å²) in [4.78, 5) is 12.9. The van der Waals surface area contributed by atoms with E-state index in [1.807, 2.05) is 0 Å². The molecule has 0 aromatic rings. The van der Waals surface area contributed by atoms with Crippen LogP contribution in [-0.2, 0) is 4.79 Å². The van der Waals surface area contributed by atoms with Gasteiger partial charge in [-0.2, -0.15) is 0 Å². The summed E-state index contributed by atoms with van der Waals surface area (Å²) in [6.45, 7) is 4.39. The Labute approximate surface area is 122 Å². The minimum Gasteiger partial charge on any atom is -0.354 e. The molecule has 0 radical (unpaired) electrons. The van der Waals surface area contributed by atoms with Gasteiger partial charge in [0.1, 0.15) is 0 Å². The van der Waals surface area contributed by atoms with E-state index >= 15 is 0 Å². The maximum Gasteiger partial charge on any atom is 0.226 e. The molecule has 3 nitrogen and oxygen atoms in total. The fourth-order valence-corrected chi connectivity index (χ4v) is 6.32. The molecule has 1 amide bonds. The molecule has 5 fully saturated rings. The van der Waals surface area contributed by atoms with E-state index in [0.29, 0.717) is 17.4 Å². The number of carbonyl (C=O) groups is 1. The molecule has 1 saturated heterocycles. The van der Waals surface area contributed by atoms with Gasteiger partial charge in [0.25, 0.3) is 0 Å². The molecule has 2 N–H and O–H groups in total. The summed E-state index contributed by atoms with van der Waals surface area (Å²) in [6, 6.07) is 0.517. The van der Waals surface area contributed by atoms with E-state index in [2.05, 4.69) is 17.6 Å². The van der Waals surface area contributed by atoms with Gasteiger partial charge >= 0.3 is 0 Å². The summed E-state index contributed by atoms with van der Waals surface area (Å²) < 4.78 is 0. The Morgan fingerprint density at radius 1 is 1.25 bits per heavy atom. The minimum absolute atomic E-state index is 0.00254. The standard InChI is InChI=1S/C17H28N2O/c1-16-6-12-5-13(7-16)9-17(8-12,11-16)15(20)19-10-14-3-2-4-18-14/h12-14,18H,2-11H2,1H3,(H,19,20). The predicted molar refractivity (Wildman–Crippen MR) is 79.3 cm³/mol. The van der Waals surface area contributed by atoms with Crippen molar-refractivity contribution in [1.82, 2.24) is 10.6 Å².